The van der Waals surface area contributed by atoms with Crippen molar-refractivity contribution in [1.29, 1.82) is 0 Å². The van der Waals surface area contributed by atoms with E-state index in [1.54, 1.807) is 11.3 Å². The second kappa shape index (κ2) is 5.66. The molecular weight excluding hydrogens is 264 g/mol. The van der Waals surface area contributed by atoms with Crippen LogP contribution in [0.1, 0.15) is 53.5 Å². The van der Waals surface area contributed by atoms with Crippen molar-refractivity contribution in [1.82, 2.24) is 10.3 Å². The lowest BCUT2D eigenvalue weighted by atomic mass is 9.86. The van der Waals surface area contributed by atoms with E-state index in [1.165, 1.54) is 16.0 Å². The highest BCUT2D eigenvalue weighted by atomic mass is 32.1. The van der Waals surface area contributed by atoms with Gasteiger partial charge in [-0.15, -0.1) is 11.3 Å². The summed E-state index contributed by atoms with van der Waals surface area (Å²) in [5.74, 6) is 0. The molecule has 1 atom stereocenters. The molecule has 0 fully saturated rings. The average molecular weight is 288 g/mol. The second-order valence-corrected chi connectivity index (χ2v) is 7.51. The summed E-state index contributed by atoms with van der Waals surface area (Å²) < 4.78 is 0. The molecule has 20 heavy (non-hydrogen) atoms. The van der Waals surface area contributed by atoms with E-state index in [0.29, 0.717) is 0 Å². The van der Waals surface area contributed by atoms with Crippen molar-refractivity contribution in [2.45, 2.75) is 46.1 Å². The predicted octanol–water partition coefficient (Wildman–Crippen LogP) is 4.37. The maximum absolute atomic E-state index is 4.54. The number of hydrogen-bond acceptors (Lipinski definition) is 3. The lowest BCUT2D eigenvalue weighted by Crippen LogP contribution is -2.18. The maximum Gasteiger partial charge on any atom is 0.0900 e. The number of benzene rings is 1. The first-order valence-electron chi connectivity index (χ1n) is 7.04. The highest BCUT2D eigenvalue weighted by molar-refractivity contribution is 7.11. The fraction of sp³-hybridized carbons (Fsp3) is 0.471. The van der Waals surface area contributed by atoms with Gasteiger partial charge in [0, 0.05) is 4.88 Å². The summed E-state index contributed by atoms with van der Waals surface area (Å²) in [7, 11) is 2.01. The molecule has 1 aromatic carbocycles. The zero-order valence-electron chi connectivity index (χ0n) is 13.2. The number of aryl methyl sites for hydroxylation is 2. The molecule has 0 bridgehead atoms. The summed E-state index contributed by atoms with van der Waals surface area (Å²) in [5, 5.41) is 4.55. The van der Waals surface area contributed by atoms with Crippen LogP contribution in [0.3, 0.4) is 0 Å². The van der Waals surface area contributed by atoms with Gasteiger partial charge in [-0.2, -0.15) is 0 Å². The summed E-state index contributed by atoms with van der Waals surface area (Å²) in [6.07, 6.45) is 0. The number of rotatable bonds is 3. The van der Waals surface area contributed by atoms with Gasteiger partial charge >= 0.3 is 0 Å². The first-order chi connectivity index (χ1) is 9.32. The van der Waals surface area contributed by atoms with Crippen molar-refractivity contribution in [3.63, 3.8) is 0 Å². The maximum atomic E-state index is 4.54. The highest BCUT2D eigenvalue weighted by Gasteiger charge is 2.19. The number of nitrogens with zero attached hydrogens (tertiary/aromatic N) is 1. The number of aromatic nitrogens is 1. The predicted molar refractivity (Wildman–Crippen MR) is 87.6 cm³/mol. The van der Waals surface area contributed by atoms with Crippen LogP contribution < -0.4 is 5.32 Å². The van der Waals surface area contributed by atoms with Gasteiger partial charge in [0.1, 0.15) is 0 Å². The Kier molecular flexibility index (Phi) is 4.31. The molecule has 108 valence electrons. The number of thiazole rings is 1. The molecule has 1 N–H and O–H groups in total. The highest BCUT2D eigenvalue weighted by Crippen LogP contribution is 2.31. The summed E-state index contributed by atoms with van der Waals surface area (Å²) in [6, 6.07) is 9.17. The lowest BCUT2D eigenvalue weighted by molar-refractivity contribution is 0.589. The molecule has 0 saturated carbocycles. The van der Waals surface area contributed by atoms with Crippen LogP contribution in [0.5, 0.6) is 0 Å². The fourth-order valence-electron chi connectivity index (χ4n) is 2.44. The molecular formula is C17H24N2S. The van der Waals surface area contributed by atoms with Gasteiger partial charge in [0.15, 0.2) is 0 Å². The van der Waals surface area contributed by atoms with Crippen LogP contribution in [0.4, 0.5) is 0 Å². The molecule has 1 unspecified atom stereocenters. The van der Waals surface area contributed by atoms with Crippen LogP contribution in [-0.4, -0.2) is 12.0 Å². The van der Waals surface area contributed by atoms with E-state index in [1.807, 2.05) is 7.05 Å². The van der Waals surface area contributed by atoms with Gasteiger partial charge in [0.25, 0.3) is 0 Å². The van der Waals surface area contributed by atoms with E-state index in [4.69, 9.17) is 0 Å². The molecule has 0 spiro atoms. The van der Waals surface area contributed by atoms with E-state index in [2.05, 4.69) is 69.2 Å². The Balaban J connectivity index is 2.35. The van der Waals surface area contributed by atoms with Gasteiger partial charge in [-0.25, -0.2) is 4.98 Å². The Morgan fingerprint density at radius 1 is 1.10 bits per heavy atom. The van der Waals surface area contributed by atoms with Gasteiger partial charge in [0.2, 0.25) is 0 Å². The standard InChI is InChI=1S/C17H24N2S/c1-11-16(20-12(2)19-11)15(18-6)13-7-9-14(10-8-13)17(3,4)5/h7-10,15,18H,1-6H3. The summed E-state index contributed by atoms with van der Waals surface area (Å²) >= 11 is 1.78. The summed E-state index contributed by atoms with van der Waals surface area (Å²) in [6.45, 7) is 10.9. The molecule has 2 rings (SSSR count). The van der Waals surface area contributed by atoms with Gasteiger partial charge in [0.05, 0.1) is 16.7 Å². The normalized spacial score (nSPS) is 13.5. The zero-order valence-corrected chi connectivity index (χ0v) is 14.1. The molecule has 0 saturated heterocycles. The van der Waals surface area contributed by atoms with Crippen molar-refractivity contribution < 1.29 is 0 Å². The lowest BCUT2D eigenvalue weighted by Gasteiger charge is -2.21. The Morgan fingerprint density at radius 2 is 1.70 bits per heavy atom. The van der Waals surface area contributed by atoms with E-state index in [9.17, 15) is 0 Å². The first-order valence-corrected chi connectivity index (χ1v) is 7.86. The second-order valence-electron chi connectivity index (χ2n) is 6.28. The fourth-order valence-corrected chi connectivity index (χ4v) is 3.51. The molecule has 0 amide bonds. The Bertz CT molecular complexity index is 576. The molecule has 2 aromatic rings. The quantitative estimate of drug-likeness (QED) is 0.907. The summed E-state index contributed by atoms with van der Waals surface area (Å²) in [4.78, 5) is 5.85. The van der Waals surface area contributed by atoms with Crippen molar-refractivity contribution >= 4 is 11.3 Å². The van der Waals surface area contributed by atoms with Gasteiger partial charge in [-0.05, 0) is 37.4 Å². The molecule has 3 heteroatoms. The van der Waals surface area contributed by atoms with Crippen LogP contribution in [0, 0.1) is 13.8 Å². The van der Waals surface area contributed by atoms with Crippen LogP contribution in [0.25, 0.3) is 0 Å². The third-order valence-corrected chi connectivity index (χ3v) is 4.74. The minimum atomic E-state index is 0.199. The zero-order chi connectivity index (χ0) is 14.9. The largest absolute Gasteiger partial charge is 0.309 e. The molecule has 1 heterocycles. The number of nitrogens with one attached hydrogen (secondary N) is 1. The van der Waals surface area contributed by atoms with Gasteiger partial charge in [-0.3, -0.25) is 0 Å². The van der Waals surface area contributed by atoms with Gasteiger partial charge in [-0.1, -0.05) is 45.0 Å². The van der Waals surface area contributed by atoms with Crippen LogP contribution >= 0.6 is 11.3 Å². The SMILES string of the molecule is CNC(c1ccc(C(C)(C)C)cc1)c1sc(C)nc1C. The van der Waals surface area contributed by atoms with Crippen molar-refractivity contribution in [3.8, 4) is 0 Å². The molecule has 0 radical (unpaired) electrons. The Morgan fingerprint density at radius 3 is 2.10 bits per heavy atom. The first kappa shape index (κ1) is 15.2. The third-order valence-electron chi connectivity index (χ3n) is 3.60. The van der Waals surface area contributed by atoms with Crippen LogP contribution in [0.2, 0.25) is 0 Å². The molecule has 2 nitrogen and oxygen atoms in total. The van der Waals surface area contributed by atoms with Crippen molar-refractivity contribution in [2.75, 3.05) is 7.05 Å². The molecule has 0 aliphatic rings. The van der Waals surface area contributed by atoms with Crippen LogP contribution in [0.15, 0.2) is 24.3 Å². The Labute approximate surface area is 126 Å². The topological polar surface area (TPSA) is 24.9 Å². The van der Waals surface area contributed by atoms with Crippen molar-refractivity contribution in [3.05, 3.63) is 51.0 Å². The third kappa shape index (κ3) is 3.10. The van der Waals surface area contributed by atoms with E-state index >= 15 is 0 Å². The summed E-state index contributed by atoms with van der Waals surface area (Å²) in [5.41, 5.74) is 4.00. The minimum Gasteiger partial charge on any atom is -0.309 e. The monoisotopic (exact) mass is 288 g/mol. The average Bonchev–Trinajstić information content (AvgIpc) is 2.69. The van der Waals surface area contributed by atoms with E-state index in [-0.39, 0.29) is 11.5 Å². The number of hydrogen-bond donors (Lipinski definition) is 1. The molecule has 1 aromatic heterocycles. The molecule has 0 aliphatic heterocycles. The van der Waals surface area contributed by atoms with Crippen molar-refractivity contribution in [2.24, 2.45) is 0 Å². The smallest absolute Gasteiger partial charge is 0.0900 e. The minimum absolute atomic E-state index is 0.199. The van der Waals surface area contributed by atoms with Crippen LogP contribution in [-0.2, 0) is 5.41 Å². The Hall–Kier alpha value is -1.19. The van der Waals surface area contributed by atoms with Gasteiger partial charge < -0.3 is 5.32 Å². The molecule has 0 aliphatic carbocycles. The van der Waals surface area contributed by atoms with E-state index in [0.717, 1.165) is 10.7 Å². The van der Waals surface area contributed by atoms with E-state index < -0.39 is 0 Å².